The first-order valence-electron chi connectivity index (χ1n) is 9.87. The van der Waals surface area contributed by atoms with E-state index < -0.39 is 0 Å². The number of pyridine rings is 1. The van der Waals surface area contributed by atoms with Gasteiger partial charge in [-0.3, -0.25) is 9.88 Å². The quantitative estimate of drug-likeness (QED) is 0.437. The summed E-state index contributed by atoms with van der Waals surface area (Å²) in [6.45, 7) is 3.51. The molecule has 1 aliphatic rings. The number of aromatic nitrogens is 1. The molecule has 1 N–H and O–H groups in total. The summed E-state index contributed by atoms with van der Waals surface area (Å²) in [5, 5.41) is 3.54. The van der Waals surface area contributed by atoms with Crippen LogP contribution < -0.4 is 5.32 Å². The van der Waals surface area contributed by atoms with Crippen LogP contribution in [-0.4, -0.2) is 23.0 Å². The highest BCUT2D eigenvalue weighted by Crippen LogP contribution is 2.37. The van der Waals surface area contributed by atoms with Gasteiger partial charge in [-0.2, -0.15) is 0 Å². The zero-order chi connectivity index (χ0) is 18.8. The van der Waals surface area contributed by atoms with Gasteiger partial charge in [-0.25, -0.2) is 0 Å². The van der Waals surface area contributed by atoms with E-state index >= 15 is 0 Å². The summed E-state index contributed by atoms with van der Waals surface area (Å²) in [4.78, 5) is 8.42. The van der Waals surface area contributed by atoms with E-state index in [-0.39, 0.29) is 0 Å². The molecule has 0 bridgehead atoms. The molecule has 4 aromatic rings. The van der Waals surface area contributed by atoms with Crippen molar-refractivity contribution in [1.29, 1.82) is 0 Å². The summed E-state index contributed by atoms with van der Waals surface area (Å²) >= 11 is 1.81. The fraction of sp³-hybridized carbons (Fsp3) is 0.208. The molecule has 0 spiro atoms. The molecule has 1 fully saturated rings. The summed E-state index contributed by atoms with van der Waals surface area (Å²) in [6, 6.07) is 23.5. The van der Waals surface area contributed by atoms with Crippen LogP contribution in [0, 0.1) is 0 Å². The average molecular weight is 386 g/mol. The van der Waals surface area contributed by atoms with E-state index in [1.807, 2.05) is 35.7 Å². The molecule has 0 saturated carbocycles. The summed E-state index contributed by atoms with van der Waals surface area (Å²) in [5.41, 5.74) is 5.93. The number of hydrogen-bond donors (Lipinski definition) is 1. The Morgan fingerprint density at radius 3 is 2.64 bits per heavy atom. The van der Waals surface area contributed by atoms with Crippen molar-refractivity contribution in [2.24, 2.45) is 0 Å². The number of likely N-dealkylation sites (tertiary alicyclic amines) is 1. The molecular formula is C24H23N3S. The lowest BCUT2D eigenvalue weighted by molar-refractivity contribution is 0.331. The molecule has 0 unspecified atom stereocenters. The van der Waals surface area contributed by atoms with E-state index in [1.54, 1.807) is 0 Å². The molecule has 0 radical (unpaired) electrons. The van der Waals surface area contributed by atoms with Crippen molar-refractivity contribution >= 4 is 32.9 Å². The van der Waals surface area contributed by atoms with Crippen molar-refractivity contribution < 1.29 is 0 Å². The molecule has 2 aromatic carbocycles. The molecule has 3 heterocycles. The number of nitrogens with zero attached hydrogens (tertiary/aromatic N) is 2. The van der Waals surface area contributed by atoms with E-state index in [0.717, 1.165) is 23.4 Å². The van der Waals surface area contributed by atoms with Crippen LogP contribution in [0.2, 0.25) is 0 Å². The number of rotatable bonds is 5. The maximum Gasteiger partial charge on any atom is 0.0837 e. The van der Waals surface area contributed by atoms with Gasteiger partial charge in [0.15, 0.2) is 0 Å². The predicted octanol–water partition coefficient (Wildman–Crippen LogP) is 6.30. The van der Waals surface area contributed by atoms with Gasteiger partial charge < -0.3 is 5.32 Å². The summed E-state index contributed by atoms with van der Waals surface area (Å²) in [7, 11) is 0. The van der Waals surface area contributed by atoms with Crippen LogP contribution in [0.1, 0.15) is 18.4 Å². The van der Waals surface area contributed by atoms with Gasteiger partial charge in [0.2, 0.25) is 0 Å². The third-order valence-electron chi connectivity index (χ3n) is 5.28. The minimum atomic E-state index is 1.05. The molecule has 28 heavy (non-hydrogen) atoms. The normalized spacial score (nSPS) is 14.6. The maximum atomic E-state index is 4.60. The second-order valence-electron chi connectivity index (χ2n) is 7.36. The minimum Gasteiger partial charge on any atom is -0.354 e. The highest BCUT2D eigenvalue weighted by atomic mass is 32.1. The lowest BCUT2D eigenvalue weighted by atomic mass is 10.1. The van der Waals surface area contributed by atoms with Crippen molar-refractivity contribution in [2.45, 2.75) is 19.4 Å². The largest absolute Gasteiger partial charge is 0.354 e. The van der Waals surface area contributed by atoms with Gasteiger partial charge in [0, 0.05) is 23.3 Å². The van der Waals surface area contributed by atoms with Crippen molar-refractivity contribution in [3.63, 3.8) is 0 Å². The Balaban J connectivity index is 1.46. The Hall–Kier alpha value is -2.69. The zero-order valence-electron chi connectivity index (χ0n) is 15.8. The van der Waals surface area contributed by atoms with Gasteiger partial charge in [-0.05, 0) is 67.4 Å². The molecule has 4 heteroatoms. The lowest BCUT2D eigenvalue weighted by Gasteiger charge is -2.14. The number of para-hydroxylation sites is 1. The van der Waals surface area contributed by atoms with Crippen LogP contribution in [0.3, 0.4) is 0 Å². The fourth-order valence-electron chi connectivity index (χ4n) is 3.88. The topological polar surface area (TPSA) is 28.2 Å². The molecule has 0 amide bonds. The number of anilines is 2. The SMILES string of the molecule is c1ccc(Nc2ccnc3cc(-c4cccc(CN5CCCC5)c4)sc23)cc1. The van der Waals surface area contributed by atoms with Crippen LogP contribution in [0.25, 0.3) is 20.7 Å². The summed E-state index contributed by atoms with van der Waals surface area (Å²) < 4.78 is 1.20. The minimum absolute atomic E-state index is 1.05. The Labute approximate surface area is 169 Å². The van der Waals surface area contributed by atoms with Crippen molar-refractivity contribution in [2.75, 3.05) is 18.4 Å². The smallest absolute Gasteiger partial charge is 0.0837 e. The molecular weight excluding hydrogens is 362 g/mol. The van der Waals surface area contributed by atoms with Gasteiger partial charge in [0.05, 0.1) is 15.9 Å². The first-order valence-corrected chi connectivity index (χ1v) is 10.7. The highest BCUT2D eigenvalue weighted by molar-refractivity contribution is 7.22. The number of thiophene rings is 1. The summed E-state index contributed by atoms with van der Waals surface area (Å²) in [6.07, 6.45) is 4.55. The molecule has 0 aliphatic carbocycles. The molecule has 3 nitrogen and oxygen atoms in total. The molecule has 140 valence electrons. The number of nitrogens with one attached hydrogen (secondary N) is 1. The van der Waals surface area contributed by atoms with E-state index in [2.05, 4.69) is 63.7 Å². The van der Waals surface area contributed by atoms with Gasteiger partial charge in [0.25, 0.3) is 0 Å². The Kier molecular flexibility index (Phi) is 4.81. The fourth-order valence-corrected chi connectivity index (χ4v) is 4.96. The third-order valence-corrected chi connectivity index (χ3v) is 6.49. The van der Waals surface area contributed by atoms with Gasteiger partial charge in [-0.1, -0.05) is 36.4 Å². The number of hydrogen-bond acceptors (Lipinski definition) is 4. The molecule has 1 aliphatic heterocycles. The molecule has 0 atom stereocenters. The molecule has 5 rings (SSSR count). The van der Waals surface area contributed by atoms with Gasteiger partial charge in [-0.15, -0.1) is 11.3 Å². The average Bonchev–Trinajstić information content (AvgIpc) is 3.39. The maximum absolute atomic E-state index is 4.60. The molecule has 2 aromatic heterocycles. The Morgan fingerprint density at radius 1 is 0.929 bits per heavy atom. The zero-order valence-corrected chi connectivity index (χ0v) is 16.6. The second kappa shape index (κ2) is 7.74. The van der Waals surface area contributed by atoms with Crippen LogP contribution in [-0.2, 0) is 6.54 Å². The predicted molar refractivity (Wildman–Crippen MR) is 119 cm³/mol. The first-order chi connectivity index (χ1) is 13.8. The van der Waals surface area contributed by atoms with E-state index in [9.17, 15) is 0 Å². The van der Waals surface area contributed by atoms with Gasteiger partial charge in [0.1, 0.15) is 0 Å². The second-order valence-corrected chi connectivity index (χ2v) is 8.41. The van der Waals surface area contributed by atoms with E-state index in [0.29, 0.717) is 0 Å². The van der Waals surface area contributed by atoms with Gasteiger partial charge >= 0.3 is 0 Å². The highest BCUT2D eigenvalue weighted by Gasteiger charge is 2.13. The van der Waals surface area contributed by atoms with Crippen molar-refractivity contribution in [3.05, 3.63) is 78.5 Å². The van der Waals surface area contributed by atoms with Crippen LogP contribution in [0.5, 0.6) is 0 Å². The first kappa shape index (κ1) is 17.4. The lowest BCUT2D eigenvalue weighted by Crippen LogP contribution is -2.18. The van der Waals surface area contributed by atoms with Crippen molar-refractivity contribution in [3.8, 4) is 10.4 Å². The summed E-state index contributed by atoms with van der Waals surface area (Å²) in [5.74, 6) is 0. The standard InChI is InChI=1S/C24H23N3S/c1-2-9-20(10-3-1)26-21-11-12-25-22-16-23(28-24(21)22)19-8-6-7-18(15-19)17-27-13-4-5-14-27/h1-3,6-12,15-16H,4-5,13-14,17H2,(H,25,26). The van der Waals surface area contributed by atoms with Crippen LogP contribution in [0.15, 0.2) is 72.9 Å². The Morgan fingerprint density at radius 2 is 1.79 bits per heavy atom. The van der Waals surface area contributed by atoms with E-state index in [1.165, 1.54) is 46.6 Å². The monoisotopic (exact) mass is 385 g/mol. The molecule has 1 saturated heterocycles. The van der Waals surface area contributed by atoms with Crippen molar-refractivity contribution in [1.82, 2.24) is 9.88 Å². The van der Waals surface area contributed by atoms with Crippen LogP contribution in [0.4, 0.5) is 11.4 Å². The Bertz CT molecular complexity index is 1080. The number of benzene rings is 2. The number of fused-ring (bicyclic) bond motifs is 1. The van der Waals surface area contributed by atoms with Crippen LogP contribution >= 0.6 is 11.3 Å². The van der Waals surface area contributed by atoms with E-state index in [4.69, 9.17) is 0 Å². The third kappa shape index (κ3) is 3.66.